The maximum absolute atomic E-state index is 13.6. The quantitative estimate of drug-likeness (QED) is 0.299. The average Bonchev–Trinajstić information content (AvgIpc) is 3.43. The van der Waals surface area contributed by atoms with Crippen molar-refractivity contribution in [2.45, 2.75) is 13.5 Å². The second kappa shape index (κ2) is 9.49. The van der Waals surface area contributed by atoms with Gasteiger partial charge >= 0.3 is 0 Å². The molecule has 1 amide bonds. The summed E-state index contributed by atoms with van der Waals surface area (Å²) in [5, 5.41) is 12.2. The van der Waals surface area contributed by atoms with Crippen LogP contribution in [0.1, 0.15) is 21.6 Å². The first-order valence-electron chi connectivity index (χ1n) is 10.9. The Morgan fingerprint density at radius 2 is 1.71 bits per heavy atom. The highest BCUT2D eigenvalue weighted by atomic mass is 79.9. The highest BCUT2D eigenvalue weighted by molar-refractivity contribution is 9.10. The van der Waals surface area contributed by atoms with Gasteiger partial charge in [0.2, 0.25) is 0 Å². The van der Waals surface area contributed by atoms with E-state index in [1.807, 2.05) is 107 Å². The number of para-hydroxylation sites is 1. The van der Waals surface area contributed by atoms with Gasteiger partial charge in [0.05, 0.1) is 34.2 Å². The van der Waals surface area contributed by atoms with Crippen LogP contribution in [-0.2, 0) is 6.54 Å². The molecule has 0 radical (unpaired) electrons. The Kier molecular flexibility index (Phi) is 6.10. The first-order valence-corrected chi connectivity index (χ1v) is 11.7. The van der Waals surface area contributed by atoms with Crippen LogP contribution in [0.15, 0.2) is 102 Å². The van der Waals surface area contributed by atoms with Gasteiger partial charge in [-0.3, -0.25) is 9.48 Å². The lowest BCUT2D eigenvalue weighted by Gasteiger charge is -2.09. The van der Waals surface area contributed by atoms with Crippen molar-refractivity contribution in [3.05, 3.63) is 119 Å². The molecule has 0 saturated carbocycles. The Hall–Kier alpha value is -3.97. The minimum Gasteiger partial charge on any atom is -0.322 e. The van der Waals surface area contributed by atoms with Gasteiger partial charge < -0.3 is 5.32 Å². The third kappa shape index (κ3) is 4.56. The molecule has 168 valence electrons. The molecule has 7 heteroatoms. The first kappa shape index (κ1) is 21.9. The summed E-state index contributed by atoms with van der Waals surface area (Å²) < 4.78 is 4.59. The molecule has 0 atom stereocenters. The monoisotopic (exact) mass is 511 g/mol. The van der Waals surface area contributed by atoms with Gasteiger partial charge in [-0.15, -0.1) is 0 Å². The van der Waals surface area contributed by atoms with E-state index in [2.05, 4.69) is 26.3 Å². The molecule has 0 aliphatic rings. The number of hydrogen-bond acceptors (Lipinski definition) is 3. The zero-order valence-electron chi connectivity index (χ0n) is 18.5. The predicted octanol–water partition coefficient (Wildman–Crippen LogP) is 6.11. The Morgan fingerprint density at radius 1 is 0.971 bits per heavy atom. The van der Waals surface area contributed by atoms with Crippen LogP contribution >= 0.6 is 15.9 Å². The normalized spacial score (nSPS) is 10.9. The summed E-state index contributed by atoms with van der Waals surface area (Å²) in [6, 6.07) is 27.4. The van der Waals surface area contributed by atoms with Gasteiger partial charge in [0.1, 0.15) is 5.69 Å². The number of aromatic nitrogens is 4. The molecule has 0 fully saturated rings. The fraction of sp³-hybridized carbons (Fsp3) is 0.0741. The molecule has 6 nitrogen and oxygen atoms in total. The van der Waals surface area contributed by atoms with Crippen molar-refractivity contribution in [1.82, 2.24) is 19.6 Å². The Morgan fingerprint density at radius 3 is 2.41 bits per heavy atom. The van der Waals surface area contributed by atoms with E-state index in [1.165, 1.54) is 0 Å². The summed E-state index contributed by atoms with van der Waals surface area (Å²) in [7, 11) is 0. The zero-order chi connectivity index (χ0) is 23.5. The average molecular weight is 512 g/mol. The smallest absolute Gasteiger partial charge is 0.259 e. The van der Waals surface area contributed by atoms with Gasteiger partial charge in [0.25, 0.3) is 5.91 Å². The molecule has 0 aliphatic heterocycles. The molecule has 34 heavy (non-hydrogen) atoms. The predicted molar refractivity (Wildman–Crippen MR) is 137 cm³/mol. The van der Waals surface area contributed by atoms with Crippen LogP contribution in [-0.4, -0.2) is 25.5 Å². The maximum atomic E-state index is 13.6. The van der Waals surface area contributed by atoms with E-state index in [-0.39, 0.29) is 5.91 Å². The Labute approximate surface area is 206 Å². The van der Waals surface area contributed by atoms with Crippen LogP contribution in [0.25, 0.3) is 16.9 Å². The largest absolute Gasteiger partial charge is 0.322 e. The zero-order valence-corrected chi connectivity index (χ0v) is 20.1. The summed E-state index contributed by atoms with van der Waals surface area (Å²) in [5.74, 6) is -0.197. The molecule has 2 aromatic heterocycles. The third-order valence-corrected chi connectivity index (χ3v) is 5.93. The minimum atomic E-state index is -0.197. The summed E-state index contributed by atoms with van der Waals surface area (Å²) in [5.41, 5.74) is 5.54. The third-order valence-electron chi connectivity index (χ3n) is 5.52. The topological polar surface area (TPSA) is 64.7 Å². The number of nitrogens with zero attached hydrogens (tertiary/aromatic N) is 4. The molecule has 2 heterocycles. The van der Waals surface area contributed by atoms with Gasteiger partial charge in [-0.25, -0.2) is 4.68 Å². The molecular weight excluding hydrogens is 490 g/mol. The number of anilines is 1. The van der Waals surface area contributed by atoms with Gasteiger partial charge in [-0.05, 0) is 52.7 Å². The number of amides is 1. The van der Waals surface area contributed by atoms with E-state index >= 15 is 0 Å². The highest BCUT2D eigenvalue weighted by Crippen LogP contribution is 2.28. The Bertz CT molecular complexity index is 1440. The molecule has 5 aromatic rings. The van der Waals surface area contributed by atoms with Crippen LogP contribution < -0.4 is 5.32 Å². The maximum Gasteiger partial charge on any atom is 0.259 e. The SMILES string of the molecule is Cc1c(C(=O)Nc2cccc(Cn3cc(Br)cn3)c2)c(-c2ccccc2)nn1-c1ccccc1. The highest BCUT2D eigenvalue weighted by Gasteiger charge is 2.23. The lowest BCUT2D eigenvalue weighted by molar-refractivity contribution is 0.102. The van der Waals surface area contributed by atoms with Gasteiger partial charge in [0.15, 0.2) is 0 Å². The molecular formula is C27H22BrN5O. The molecule has 0 unspecified atom stereocenters. The fourth-order valence-corrected chi connectivity index (χ4v) is 4.27. The summed E-state index contributed by atoms with van der Waals surface area (Å²) >= 11 is 3.42. The van der Waals surface area contributed by atoms with Gasteiger partial charge in [-0.2, -0.15) is 10.2 Å². The van der Waals surface area contributed by atoms with Crippen molar-refractivity contribution in [3.8, 4) is 16.9 Å². The van der Waals surface area contributed by atoms with Gasteiger partial charge in [0, 0.05) is 17.4 Å². The van der Waals surface area contributed by atoms with Crippen LogP contribution in [0.4, 0.5) is 5.69 Å². The van der Waals surface area contributed by atoms with Crippen LogP contribution in [0.2, 0.25) is 0 Å². The van der Waals surface area contributed by atoms with E-state index in [4.69, 9.17) is 5.10 Å². The van der Waals surface area contributed by atoms with E-state index in [9.17, 15) is 4.79 Å². The molecule has 1 N–H and O–H groups in total. The van der Waals surface area contributed by atoms with Crippen molar-refractivity contribution < 1.29 is 4.79 Å². The van der Waals surface area contributed by atoms with Crippen molar-refractivity contribution in [2.24, 2.45) is 0 Å². The van der Waals surface area contributed by atoms with Crippen molar-refractivity contribution in [2.75, 3.05) is 5.32 Å². The Balaban J connectivity index is 1.49. The number of rotatable bonds is 6. The lowest BCUT2D eigenvalue weighted by atomic mass is 10.1. The number of benzene rings is 3. The number of carbonyl (C=O) groups excluding carboxylic acids is 1. The molecule has 0 saturated heterocycles. The number of nitrogens with one attached hydrogen (secondary N) is 1. The number of carbonyl (C=O) groups is 1. The number of hydrogen-bond donors (Lipinski definition) is 1. The van der Waals surface area contributed by atoms with Crippen molar-refractivity contribution in [3.63, 3.8) is 0 Å². The minimum absolute atomic E-state index is 0.197. The fourth-order valence-electron chi connectivity index (χ4n) is 3.95. The van der Waals surface area contributed by atoms with Crippen molar-refractivity contribution >= 4 is 27.5 Å². The molecule has 0 spiro atoms. The number of halogens is 1. The van der Waals surface area contributed by atoms with E-state index in [0.717, 1.165) is 32.7 Å². The van der Waals surface area contributed by atoms with Gasteiger partial charge in [-0.1, -0.05) is 60.7 Å². The molecule has 3 aromatic carbocycles. The molecule has 5 rings (SSSR count). The van der Waals surface area contributed by atoms with Crippen LogP contribution in [0, 0.1) is 6.92 Å². The van der Waals surface area contributed by atoms with E-state index in [0.29, 0.717) is 17.8 Å². The lowest BCUT2D eigenvalue weighted by Crippen LogP contribution is -2.14. The van der Waals surface area contributed by atoms with Crippen molar-refractivity contribution in [1.29, 1.82) is 0 Å². The van der Waals surface area contributed by atoms with E-state index < -0.39 is 0 Å². The molecule has 0 aliphatic carbocycles. The molecule has 0 bridgehead atoms. The summed E-state index contributed by atoms with van der Waals surface area (Å²) in [4.78, 5) is 13.6. The second-order valence-electron chi connectivity index (χ2n) is 7.93. The van der Waals surface area contributed by atoms with Crippen LogP contribution in [0.3, 0.4) is 0 Å². The first-order chi connectivity index (χ1) is 16.6. The summed E-state index contributed by atoms with van der Waals surface area (Å²) in [6.07, 6.45) is 3.67. The summed E-state index contributed by atoms with van der Waals surface area (Å²) in [6.45, 7) is 2.53. The van der Waals surface area contributed by atoms with Crippen LogP contribution in [0.5, 0.6) is 0 Å². The standard InChI is InChI=1S/C27H22BrN5O/c1-19-25(26(21-10-4-2-5-11-21)31-33(19)24-13-6-3-7-14-24)27(34)30-23-12-8-9-20(15-23)17-32-18-22(28)16-29-32/h2-16,18H,17H2,1H3,(H,30,34). The van der Waals surface area contributed by atoms with E-state index in [1.54, 1.807) is 6.20 Å². The second-order valence-corrected chi connectivity index (χ2v) is 8.85.